The summed E-state index contributed by atoms with van der Waals surface area (Å²) < 4.78 is 0. The number of carbonyl (C=O) groups excluding carboxylic acids is 2. The van der Waals surface area contributed by atoms with Crippen LogP contribution in [0.5, 0.6) is 0 Å². The zero-order valence-corrected chi connectivity index (χ0v) is 13.7. The number of hydrogen-bond donors (Lipinski definition) is 1. The van der Waals surface area contributed by atoms with Gasteiger partial charge in [0.25, 0.3) is 0 Å². The van der Waals surface area contributed by atoms with Gasteiger partial charge in [0, 0.05) is 43.7 Å². The molecule has 1 N–H and O–H groups in total. The Labute approximate surface area is 130 Å². The first-order chi connectivity index (χ1) is 10.00. The van der Waals surface area contributed by atoms with E-state index in [-0.39, 0.29) is 23.4 Å². The second kappa shape index (κ2) is 5.71. The summed E-state index contributed by atoms with van der Waals surface area (Å²) in [4.78, 5) is 28.1. The fraction of sp³-hybridized carbons (Fsp3) is 0.867. The lowest BCUT2D eigenvalue weighted by molar-refractivity contribution is -0.146. The third-order valence-electron chi connectivity index (χ3n) is 5.21. The Morgan fingerprint density at radius 3 is 2.24 bits per heavy atom. The highest BCUT2D eigenvalue weighted by molar-refractivity contribution is 7.99. The highest BCUT2D eigenvalue weighted by atomic mass is 32.2. The second-order valence-corrected chi connectivity index (χ2v) is 8.10. The Morgan fingerprint density at radius 2 is 1.71 bits per heavy atom. The highest BCUT2D eigenvalue weighted by Gasteiger charge is 2.51. The molecule has 3 aliphatic heterocycles. The normalized spacial score (nSPS) is 29.8. The predicted octanol–water partition coefficient (Wildman–Crippen LogP) is 1.39. The van der Waals surface area contributed by atoms with Gasteiger partial charge in [-0.3, -0.25) is 4.79 Å². The number of urea groups is 1. The Kier molecular flexibility index (Phi) is 4.08. The standard InChI is InChI=1S/C15H25N3O2S/c1-15(2)12(16-13(15)19)11-3-5-17(6-4-11)14(20)18-7-9-21-10-8-18/h11-12H,3-10H2,1-2H3,(H,16,19). The number of nitrogens with zero attached hydrogens (tertiary/aromatic N) is 2. The number of hydrogen-bond acceptors (Lipinski definition) is 3. The van der Waals surface area contributed by atoms with E-state index >= 15 is 0 Å². The summed E-state index contributed by atoms with van der Waals surface area (Å²) in [6.45, 7) is 7.48. The molecule has 0 aromatic carbocycles. The average Bonchev–Trinajstić information content (AvgIpc) is 2.53. The van der Waals surface area contributed by atoms with Crippen LogP contribution in [0.4, 0.5) is 4.79 Å². The molecule has 0 aromatic rings. The van der Waals surface area contributed by atoms with Crippen LogP contribution in [0.25, 0.3) is 0 Å². The summed E-state index contributed by atoms with van der Waals surface area (Å²) in [6.07, 6.45) is 2.01. The van der Waals surface area contributed by atoms with Crippen LogP contribution in [0.1, 0.15) is 26.7 Å². The van der Waals surface area contributed by atoms with E-state index in [0.29, 0.717) is 5.92 Å². The molecule has 0 bridgehead atoms. The molecule has 3 saturated heterocycles. The number of likely N-dealkylation sites (tertiary alicyclic amines) is 1. The first kappa shape index (κ1) is 15.0. The molecular weight excluding hydrogens is 286 g/mol. The largest absolute Gasteiger partial charge is 0.351 e. The topological polar surface area (TPSA) is 52.7 Å². The molecule has 3 fully saturated rings. The third-order valence-corrected chi connectivity index (χ3v) is 6.15. The summed E-state index contributed by atoms with van der Waals surface area (Å²) in [6, 6.07) is 0.499. The maximum absolute atomic E-state index is 12.5. The molecule has 1 unspecified atom stereocenters. The average molecular weight is 311 g/mol. The van der Waals surface area contributed by atoms with Crippen molar-refractivity contribution < 1.29 is 9.59 Å². The lowest BCUT2D eigenvalue weighted by atomic mass is 9.68. The maximum Gasteiger partial charge on any atom is 0.320 e. The van der Waals surface area contributed by atoms with Crippen molar-refractivity contribution in [3.05, 3.63) is 0 Å². The number of rotatable bonds is 1. The van der Waals surface area contributed by atoms with Gasteiger partial charge in [-0.1, -0.05) is 0 Å². The number of piperidine rings is 1. The molecule has 3 amide bonds. The SMILES string of the molecule is CC1(C)C(=O)NC1C1CCN(C(=O)N2CCSCC2)CC1. The van der Waals surface area contributed by atoms with E-state index in [1.165, 1.54) is 0 Å². The quantitative estimate of drug-likeness (QED) is 0.745. The van der Waals surface area contributed by atoms with Crippen LogP contribution in [-0.4, -0.2) is 65.5 Å². The minimum absolute atomic E-state index is 0.164. The van der Waals surface area contributed by atoms with Crippen molar-refractivity contribution in [2.45, 2.75) is 32.7 Å². The maximum atomic E-state index is 12.5. The van der Waals surface area contributed by atoms with Crippen molar-refractivity contribution in [2.75, 3.05) is 37.7 Å². The van der Waals surface area contributed by atoms with E-state index in [1.54, 1.807) is 0 Å². The van der Waals surface area contributed by atoms with Crippen molar-refractivity contribution >= 4 is 23.7 Å². The molecule has 0 saturated carbocycles. The molecule has 3 rings (SSSR count). The first-order valence-corrected chi connectivity index (χ1v) is 9.08. The highest BCUT2D eigenvalue weighted by Crippen LogP contribution is 2.38. The van der Waals surface area contributed by atoms with Gasteiger partial charge in [-0.25, -0.2) is 4.79 Å². The van der Waals surface area contributed by atoms with Crippen LogP contribution in [0.15, 0.2) is 0 Å². The van der Waals surface area contributed by atoms with Crippen LogP contribution >= 0.6 is 11.8 Å². The minimum atomic E-state index is -0.235. The number of carbonyl (C=O) groups is 2. The molecule has 3 heterocycles. The van der Waals surface area contributed by atoms with Gasteiger partial charge in [-0.2, -0.15) is 11.8 Å². The van der Waals surface area contributed by atoms with E-state index in [9.17, 15) is 9.59 Å². The molecule has 0 aliphatic carbocycles. The molecular formula is C15H25N3O2S. The Bertz CT molecular complexity index is 427. The number of amides is 3. The smallest absolute Gasteiger partial charge is 0.320 e. The number of thioether (sulfide) groups is 1. The van der Waals surface area contributed by atoms with Crippen LogP contribution in [0.2, 0.25) is 0 Å². The monoisotopic (exact) mass is 311 g/mol. The van der Waals surface area contributed by atoms with Gasteiger partial charge in [0.2, 0.25) is 5.91 Å². The van der Waals surface area contributed by atoms with Gasteiger partial charge >= 0.3 is 6.03 Å². The molecule has 3 aliphatic rings. The van der Waals surface area contributed by atoms with E-state index in [2.05, 4.69) is 5.32 Å². The third kappa shape index (κ3) is 2.74. The molecule has 5 nitrogen and oxygen atoms in total. The van der Waals surface area contributed by atoms with Crippen molar-refractivity contribution in [3.8, 4) is 0 Å². The Hall–Kier alpha value is -0.910. The van der Waals surface area contributed by atoms with Gasteiger partial charge in [0.1, 0.15) is 0 Å². The van der Waals surface area contributed by atoms with Crippen LogP contribution < -0.4 is 5.32 Å². The molecule has 1 atom stereocenters. The van der Waals surface area contributed by atoms with Crippen LogP contribution in [0.3, 0.4) is 0 Å². The number of nitrogens with one attached hydrogen (secondary N) is 1. The van der Waals surface area contributed by atoms with Crippen LogP contribution in [-0.2, 0) is 4.79 Å². The second-order valence-electron chi connectivity index (χ2n) is 6.88. The van der Waals surface area contributed by atoms with Crippen LogP contribution in [0, 0.1) is 11.3 Å². The van der Waals surface area contributed by atoms with E-state index in [1.807, 2.05) is 35.4 Å². The van der Waals surface area contributed by atoms with Gasteiger partial charge in [-0.15, -0.1) is 0 Å². The first-order valence-electron chi connectivity index (χ1n) is 7.92. The molecule has 21 heavy (non-hydrogen) atoms. The fourth-order valence-corrected chi connectivity index (χ4v) is 4.56. The zero-order valence-electron chi connectivity index (χ0n) is 12.9. The molecule has 0 radical (unpaired) electrons. The molecule has 0 aromatic heterocycles. The zero-order chi connectivity index (χ0) is 15.0. The van der Waals surface area contributed by atoms with Gasteiger partial charge < -0.3 is 15.1 Å². The lowest BCUT2D eigenvalue weighted by Gasteiger charge is -2.50. The molecule has 118 valence electrons. The van der Waals surface area contributed by atoms with E-state index < -0.39 is 0 Å². The fourth-order valence-electron chi connectivity index (χ4n) is 3.66. The number of β-lactam (4-membered cyclic amide) rings is 1. The molecule has 0 spiro atoms. The minimum Gasteiger partial charge on any atom is -0.351 e. The Balaban J connectivity index is 1.51. The van der Waals surface area contributed by atoms with E-state index in [4.69, 9.17) is 0 Å². The predicted molar refractivity (Wildman–Crippen MR) is 84.3 cm³/mol. The molecule has 6 heteroatoms. The summed E-state index contributed by atoms with van der Waals surface area (Å²) >= 11 is 1.92. The van der Waals surface area contributed by atoms with Crippen molar-refractivity contribution in [1.29, 1.82) is 0 Å². The summed E-state index contributed by atoms with van der Waals surface area (Å²) in [5.41, 5.74) is -0.235. The van der Waals surface area contributed by atoms with Crippen molar-refractivity contribution in [3.63, 3.8) is 0 Å². The lowest BCUT2D eigenvalue weighted by Crippen LogP contribution is -2.68. The van der Waals surface area contributed by atoms with Gasteiger partial charge in [-0.05, 0) is 32.6 Å². The van der Waals surface area contributed by atoms with Crippen molar-refractivity contribution in [1.82, 2.24) is 15.1 Å². The summed E-state index contributed by atoms with van der Waals surface area (Å²) in [7, 11) is 0. The van der Waals surface area contributed by atoms with E-state index in [0.717, 1.165) is 50.5 Å². The Morgan fingerprint density at radius 1 is 1.14 bits per heavy atom. The van der Waals surface area contributed by atoms with Gasteiger partial charge in [0.15, 0.2) is 0 Å². The summed E-state index contributed by atoms with van der Waals surface area (Å²) in [5, 5.41) is 3.05. The summed E-state index contributed by atoms with van der Waals surface area (Å²) in [5.74, 6) is 2.80. The van der Waals surface area contributed by atoms with Crippen molar-refractivity contribution in [2.24, 2.45) is 11.3 Å². The van der Waals surface area contributed by atoms with Gasteiger partial charge in [0.05, 0.1) is 5.41 Å².